The number of rotatable bonds is 5. The maximum absolute atomic E-state index is 6.12. The van der Waals surface area contributed by atoms with E-state index in [1.54, 1.807) is 0 Å². The van der Waals surface area contributed by atoms with Crippen LogP contribution in [-0.4, -0.2) is 48.3 Å². The highest BCUT2D eigenvalue weighted by Gasteiger charge is 2.45. The van der Waals surface area contributed by atoms with Gasteiger partial charge in [0.1, 0.15) is 0 Å². The van der Waals surface area contributed by atoms with E-state index in [-0.39, 0.29) is 11.2 Å². The maximum Gasteiger partial charge on any atom is 0.0787 e. The predicted molar refractivity (Wildman–Crippen MR) is 80.6 cm³/mol. The van der Waals surface area contributed by atoms with Crippen molar-refractivity contribution in [1.82, 2.24) is 10.2 Å². The van der Waals surface area contributed by atoms with Crippen LogP contribution >= 0.6 is 0 Å². The Balaban J connectivity index is 1.65. The molecule has 112 valence electrons. The van der Waals surface area contributed by atoms with Gasteiger partial charge in [0, 0.05) is 6.04 Å². The van der Waals surface area contributed by atoms with Gasteiger partial charge >= 0.3 is 0 Å². The molecule has 2 rings (SSSR count). The number of piperidine rings is 1. The molecule has 19 heavy (non-hydrogen) atoms. The van der Waals surface area contributed by atoms with Crippen molar-refractivity contribution >= 4 is 0 Å². The number of nitrogens with one attached hydrogen (secondary N) is 1. The summed E-state index contributed by atoms with van der Waals surface area (Å²) in [5.41, 5.74) is -0.0112. The number of hydrogen-bond donors (Lipinski definition) is 1. The Morgan fingerprint density at radius 2 is 1.79 bits per heavy atom. The van der Waals surface area contributed by atoms with E-state index in [1.807, 2.05) is 0 Å². The van der Waals surface area contributed by atoms with Crippen molar-refractivity contribution < 1.29 is 4.74 Å². The molecule has 1 atom stereocenters. The molecule has 0 bridgehead atoms. The quantitative estimate of drug-likeness (QED) is 0.776. The van der Waals surface area contributed by atoms with Gasteiger partial charge in [0.25, 0.3) is 0 Å². The van der Waals surface area contributed by atoms with Crippen LogP contribution < -0.4 is 5.32 Å². The van der Waals surface area contributed by atoms with Crippen LogP contribution in [0.25, 0.3) is 0 Å². The molecule has 0 aromatic rings. The number of hydrogen-bond acceptors (Lipinski definition) is 3. The lowest BCUT2D eigenvalue weighted by Crippen LogP contribution is -2.44. The Kier molecular flexibility index (Phi) is 4.91. The molecule has 2 fully saturated rings. The normalized spacial score (nSPS) is 30.6. The van der Waals surface area contributed by atoms with Gasteiger partial charge in [-0.3, -0.25) is 0 Å². The topological polar surface area (TPSA) is 24.5 Å². The van der Waals surface area contributed by atoms with Gasteiger partial charge in [-0.1, -0.05) is 6.42 Å². The zero-order valence-electron chi connectivity index (χ0n) is 13.3. The molecule has 0 saturated carbocycles. The van der Waals surface area contributed by atoms with Crippen LogP contribution in [0.5, 0.6) is 0 Å². The first-order valence-corrected chi connectivity index (χ1v) is 8.05. The summed E-state index contributed by atoms with van der Waals surface area (Å²) in [6, 6.07) is 0.490. The molecule has 1 N–H and O–H groups in total. The largest absolute Gasteiger partial charge is 0.368 e. The minimum Gasteiger partial charge on any atom is -0.368 e. The van der Waals surface area contributed by atoms with Gasteiger partial charge in [-0.25, -0.2) is 0 Å². The SMILES string of the molecule is CC1(C)CC(NCCCN2CCCCC2)C(C)(C)O1. The van der Waals surface area contributed by atoms with E-state index >= 15 is 0 Å². The summed E-state index contributed by atoms with van der Waals surface area (Å²) in [6.45, 7) is 13.8. The van der Waals surface area contributed by atoms with Gasteiger partial charge in [0.2, 0.25) is 0 Å². The van der Waals surface area contributed by atoms with E-state index < -0.39 is 0 Å². The highest BCUT2D eigenvalue weighted by molar-refractivity contribution is 4.98. The van der Waals surface area contributed by atoms with Crippen molar-refractivity contribution in [1.29, 1.82) is 0 Å². The Bertz CT molecular complexity index is 282. The monoisotopic (exact) mass is 268 g/mol. The Labute approximate surface area is 119 Å². The number of likely N-dealkylation sites (tertiary alicyclic amines) is 1. The van der Waals surface area contributed by atoms with Gasteiger partial charge in [-0.15, -0.1) is 0 Å². The fraction of sp³-hybridized carbons (Fsp3) is 1.00. The second kappa shape index (κ2) is 6.11. The third-order valence-corrected chi connectivity index (χ3v) is 4.56. The first-order chi connectivity index (χ1) is 8.89. The predicted octanol–water partition coefficient (Wildman–Crippen LogP) is 2.80. The fourth-order valence-electron chi connectivity index (χ4n) is 3.64. The van der Waals surface area contributed by atoms with E-state index in [4.69, 9.17) is 4.74 Å². The molecule has 0 aliphatic carbocycles. The van der Waals surface area contributed by atoms with Crippen molar-refractivity contribution in [2.45, 2.75) is 77.0 Å². The van der Waals surface area contributed by atoms with Crippen molar-refractivity contribution in [3.8, 4) is 0 Å². The molecule has 3 heteroatoms. The van der Waals surface area contributed by atoms with Gasteiger partial charge in [0.15, 0.2) is 0 Å². The molecule has 0 spiro atoms. The van der Waals surface area contributed by atoms with Crippen molar-refractivity contribution in [3.05, 3.63) is 0 Å². The molecule has 1 unspecified atom stereocenters. The summed E-state index contributed by atoms with van der Waals surface area (Å²) in [4.78, 5) is 2.62. The minimum atomic E-state index is -0.0331. The zero-order valence-corrected chi connectivity index (χ0v) is 13.3. The lowest BCUT2D eigenvalue weighted by Gasteiger charge is -2.29. The third-order valence-electron chi connectivity index (χ3n) is 4.56. The highest BCUT2D eigenvalue weighted by Crippen LogP contribution is 2.37. The molecular weight excluding hydrogens is 236 g/mol. The molecule has 2 saturated heterocycles. The lowest BCUT2D eigenvalue weighted by molar-refractivity contribution is -0.0698. The molecule has 0 amide bonds. The summed E-state index contributed by atoms with van der Waals surface area (Å²) in [6.07, 6.45) is 6.59. The second-order valence-electron chi connectivity index (χ2n) is 7.43. The first kappa shape index (κ1) is 15.3. The van der Waals surface area contributed by atoms with E-state index in [0.717, 1.165) is 13.0 Å². The fourth-order valence-corrected chi connectivity index (χ4v) is 3.64. The Morgan fingerprint density at radius 1 is 1.11 bits per heavy atom. The summed E-state index contributed by atoms with van der Waals surface area (Å²) in [5, 5.41) is 3.72. The molecular formula is C16H32N2O. The van der Waals surface area contributed by atoms with E-state index in [1.165, 1.54) is 45.3 Å². The van der Waals surface area contributed by atoms with Gasteiger partial charge in [-0.2, -0.15) is 0 Å². The smallest absolute Gasteiger partial charge is 0.0787 e. The molecule has 2 aliphatic heterocycles. The molecule has 0 aromatic heterocycles. The van der Waals surface area contributed by atoms with Crippen LogP contribution in [0, 0.1) is 0 Å². The standard InChI is InChI=1S/C16H32N2O/c1-15(2)13-14(16(3,4)19-15)17-9-8-12-18-10-6-5-7-11-18/h14,17H,5-13H2,1-4H3. The highest BCUT2D eigenvalue weighted by atomic mass is 16.5. The molecule has 3 nitrogen and oxygen atoms in total. The van der Waals surface area contributed by atoms with Crippen LogP contribution in [0.15, 0.2) is 0 Å². The van der Waals surface area contributed by atoms with Gasteiger partial charge < -0.3 is 15.0 Å². The molecule has 2 aliphatic rings. The van der Waals surface area contributed by atoms with Gasteiger partial charge in [0.05, 0.1) is 11.2 Å². The van der Waals surface area contributed by atoms with Crippen LogP contribution in [0.4, 0.5) is 0 Å². The first-order valence-electron chi connectivity index (χ1n) is 8.05. The number of nitrogens with zero attached hydrogens (tertiary/aromatic N) is 1. The van der Waals surface area contributed by atoms with Gasteiger partial charge in [-0.05, 0) is 79.6 Å². The van der Waals surface area contributed by atoms with Crippen LogP contribution in [0.3, 0.4) is 0 Å². The summed E-state index contributed by atoms with van der Waals surface area (Å²) in [5.74, 6) is 0. The van der Waals surface area contributed by atoms with E-state index in [0.29, 0.717) is 6.04 Å². The summed E-state index contributed by atoms with van der Waals surface area (Å²) in [7, 11) is 0. The minimum absolute atomic E-state index is 0.0219. The average molecular weight is 268 g/mol. The summed E-state index contributed by atoms with van der Waals surface area (Å²) < 4.78 is 6.12. The van der Waals surface area contributed by atoms with E-state index in [2.05, 4.69) is 37.9 Å². The van der Waals surface area contributed by atoms with E-state index in [9.17, 15) is 0 Å². The van der Waals surface area contributed by atoms with Crippen molar-refractivity contribution in [2.75, 3.05) is 26.2 Å². The second-order valence-corrected chi connectivity index (χ2v) is 7.43. The van der Waals surface area contributed by atoms with Crippen LogP contribution in [0.2, 0.25) is 0 Å². The van der Waals surface area contributed by atoms with Crippen LogP contribution in [0.1, 0.15) is 59.8 Å². The maximum atomic E-state index is 6.12. The zero-order chi connectivity index (χ0) is 13.9. The molecule has 0 radical (unpaired) electrons. The van der Waals surface area contributed by atoms with Crippen molar-refractivity contribution in [3.63, 3.8) is 0 Å². The number of ether oxygens (including phenoxy) is 1. The Morgan fingerprint density at radius 3 is 2.37 bits per heavy atom. The molecule has 2 heterocycles. The lowest BCUT2D eigenvalue weighted by atomic mass is 9.94. The molecule has 0 aromatic carbocycles. The average Bonchev–Trinajstić information content (AvgIpc) is 2.54. The van der Waals surface area contributed by atoms with Crippen molar-refractivity contribution in [2.24, 2.45) is 0 Å². The van der Waals surface area contributed by atoms with Crippen LogP contribution in [-0.2, 0) is 4.74 Å². The Hall–Kier alpha value is -0.120. The summed E-state index contributed by atoms with van der Waals surface area (Å²) >= 11 is 0. The third kappa shape index (κ3) is 4.44.